The number of benzene rings is 2. The van der Waals surface area contributed by atoms with E-state index < -0.39 is 0 Å². The topological polar surface area (TPSA) is 25.8 Å². The molecule has 0 aliphatic carbocycles. The van der Waals surface area contributed by atoms with Crippen molar-refractivity contribution in [1.29, 1.82) is 0 Å². The third-order valence-corrected chi connectivity index (χ3v) is 4.54. The molecule has 0 bridgehead atoms. The molecule has 2 heterocycles. The summed E-state index contributed by atoms with van der Waals surface area (Å²) in [4.78, 5) is 9.07. The fraction of sp³-hybridized carbons (Fsp3) is 0. The van der Waals surface area contributed by atoms with Crippen molar-refractivity contribution in [3.63, 3.8) is 0 Å². The first kappa shape index (κ1) is 16.6. The van der Waals surface area contributed by atoms with E-state index in [-0.39, 0.29) is 17.0 Å². The minimum absolute atomic E-state index is 0. The standard InChI is InChI=1S/C20H14N2S.BrH/c1-2-6-15(7-3-1)16-9-11-17(12-10-16)19-14-23-20(22-19)18-8-4-5-13-21-18;/h1-14H;1H. The average Bonchev–Trinajstić information content (AvgIpc) is 3.14. The molecule has 2 aromatic heterocycles. The molecule has 0 radical (unpaired) electrons. The second kappa shape index (κ2) is 7.51. The van der Waals surface area contributed by atoms with Gasteiger partial charge in [0, 0.05) is 17.1 Å². The highest BCUT2D eigenvalue weighted by Crippen LogP contribution is 2.29. The van der Waals surface area contributed by atoms with Crippen LogP contribution in [0.1, 0.15) is 0 Å². The van der Waals surface area contributed by atoms with Gasteiger partial charge >= 0.3 is 0 Å². The van der Waals surface area contributed by atoms with E-state index in [4.69, 9.17) is 4.98 Å². The number of hydrogen-bond acceptors (Lipinski definition) is 3. The second-order valence-corrected chi connectivity index (χ2v) is 6.05. The number of halogens is 1. The Bertz CT molecular complexity index is 903. The monoisotopic (exact) mass is 394 g/mol. The highest BCUT2D eigenvalue weighted by Gasteiger charge is 2.07. The molecule has 0 atom stereocenters. The molecule has 0 amide bonds. The van der Waals surface area contributed by atoms with Crippen LogP contribution in [-0.4, -0.2) is 9.97 Å². The van der Waals surface area contributed by atoms with Crippen molar-refractivity contribution in [2.24, 2.45) is 0 Å². The fourth-order valence-electron chi connectivity index (χ4n) is 2.48. The predicted octanol–water partition coefficient (Wildman–Crippen LogP) is 6.12. The van der Waals surface area contributed by atoms with Crippen LogP contribution in [-0.2, 0) is 0 Å². The lowest BCUT2D eigenvalue weighted by atomic mass is 10.0. The Kier molecular flexibility index (Phi) is 5.18. The predicted molar refractivity (Wildman–Crippen MR) is 107 cm³/mol. The molecule has 0 unspecified atom stereocenters. The SMILES string of the molecule is Br.c1ccc(-c2ccc(-c3csc(-c4ccccn4)n3)cc2)cc1. The van der Waals surface area contributed by atoms with Crippen LogP contribution in [0.3, 0.4) is 0 Å². The molecule has 118 valence electrons. The highest BCUT2D eigenvalue weighted by atomic mass is 79.9. The molecule has 0 saturated carbocycles. The lowest BCUT2D eigenvalue weighted by molar-refractivity contribution is 1.29. The Morgan fingerprint density at radius 3 is 2.00 bits per heavy atom. The summed E-state index contributed by atoms with van der Waals surface area (Å²) >= 11 is 1.62. The van der Waals surface area contributed by atoms with Crippen molar-refractivity contribution in [2.45, 2.75) is 0 Å². The molecule has 0 aliphatic heterocycles. The van der Waals surface area contributed by atoms with Crippen LogP contribution < -0.4 is 0 Å². The summed E-state index contributed by atoms with van der Waals surface area (Å²) in [6.07, 6.45) is 1.80. The van der Waals surface area contributed by atoms with Crippen LogP contribution in [0, 0.1) is 0 Å². The Morgan fingerprint density at radius 1 is 0.625 bits per heavy atom. The van der Waals surface area contributed by atoms with E-state index in [1.165, 1.54) is 11.1 Å². The maximum Gasteiger partial charge on any atom is 0.142 e. The molecule has 24 heavy (non-hydrogen) atoms. The molecule has 0 saturated heterocycles. The quantitative estimate of drug-likeness (QED) is 0.418. The lowest BCUT2D eigenvalue weighted by Crippen LogP contribution is -1.83. The molecule has 0 spiro atoms. The van der Waals surface area contributed by atoms with Crippen molar-refractivity contribution in [3.8, 4) is 33.1 Å². The average molecular weight is 395 g/mol. The van der Waals surface area contributed by atoms with E-state index in [0.717, 1.165) is 22.0 Å². The molecule has 4 heteroatoms. The molecule has 0 N–H and O–H groups in total. The van der Waals surface area contributed by atoms with Gasteiger partial charge in [-0.25, -0.2) is 4.98 Å². The highest BCUT2D eigenvalue weighted by molar-refractivity contribution is 8.93. The summed E-state index contributed by atoms with van der Waals surface area (Å²) in [5.41, 5.74) is 5.49. The molecule has 4 rings (SSSR count). The van der Waals surface area contributed by atoms with Crippen molar-refractivity contribution >= 4 is 28.3 Å². The molecule has 0 fully saturated rings. The van der Waals surface area contributed by atoms with Gasteiger partial charge in [-0.2, -0.15) is 0 Å². The number of rotatable bonds is 3. The van der Waals surface area contributed by atoms with E-state index >= 15 is 0 Å². The van der Waals surface area contributed by atoms with Crippen molar-refractivity contribution in [3.05, 3.63) is 84.4 Å². The molecular formula is C20H15BrN2S. The lowest BCUT2D eigenvalue weighted by Gasteiger charge is -2.02. The van der Waals surface area contributed by atoms with Crippen LogP contribution in [0.4, 0.5) is 0 Å². The van der Waals surface area contributed by atoms with Crippen LogP contribution >= 0.6 is 28.3 Å². The maximum absolute atomic E-state index is 4.71. The number of pyridine rings is 1. The van der Waals surface area contributed by atoms with E-state index in [0.29, 0.717) is 0 Å². The zero-order valence-corrected chi connectivity index (χ0v) is 15.3. The summed E-state index contributed by atoms with van der Waals surface area (Å²) in [6.45, 7) is 0. The Morgan fingerprint density at radius 2 is 1.29 bits per heavy atom. The summed E-state index contributed by atoms with van der Waals surface area (Å²) < 4.78 is 0. The smallest absolute Gasteiger partial charge is 0.142 e. The van der Waals surface area contributed by atoms with E-state index in [9.17, 15) is 0 Å². The van der Waals surface area contributed by atoms with Gasteiger partial charge in [-0.1, -0.05) is 60.7 Å². The van der Waals surface area contributed by atoms with Gasteiger partial charge in [0.2, 0.25) is 0 Å². The normalized spacial score (nSPS) is 10.2. The Labute approximate surface area is 155 Å². The van der Waals surface area contributed by atoms with Gasteiger partial charge in [0.25, 0.3) is 0 Å². The fourth-order valence-corrected chi connectivity index (χ4v) is 3.28. The van der Waals surface area contributed by atoms with Gasteiger partial charge in [0.1, 0.15) is 5.01 Å². The van der Waals surface area contributed by atoms with Crippen LogP contribution in [0.5, 0.6) is 0 Å². The summed E-state index contributed by atoms with van der Waals surface area (Å²) in [5.74, 6) is 0. The van der Waals surface area contributed by atoms with E-state index in [1.807, 2.05) is 24.3 Å². The molecule has 2 nitrogen and oxygen atoms in total. The first-order chi connectivity index (χ1) is 11.4. The third-order valence-electron chi connectivity index (χ3n) is 3.68. The first-order valence-electron chi connectivity index (χ1n) is 7.43. The van der Waals surface area contributed by atoms with Crippen LogP contribution in [0.2, 0.25) is 0 Å². The Hall–Kier alpha value is -2.30. The Balaban J connectivity index is 0.00000169. The number of hydrogen-bond donors (Lipinski definition) is 0. The molecular weight excluding hydrogens is 380 g/mol. The van der Waals surface area contributed by atoms with Gasteiger partial charge in [-0.15, -0.1) is 28.3 Å². The number of nitrogens with zero attached hydrogens (tertiary/aromatic N) is 2. The molecule has 4 aromatic rings. The van der Waals surface area contributed by atoms with Gasteiger partial charge in [0.15, 0.2) is 0 Å². The van der Waals surface area contributed by atoms with Crippen LogP contribution in [0.25, 0.3) is 33.1 Å². The summed E-state index contributed by atoms with van der Waals surface area (Å²) in [7, 11) is 0. The second-order valence-electron chi connectivity index (χ2n) is 5.20. The van der Waals surface area contributed by atoms with Gasteiger partial charge in [-0.3, -0.25) is 4.98 Å². The summed E-state index contributed by atoms with van der Waals surface area (Å²) in [5, 5.41) is 3.04. The number of aromatic nitrogens is 2. The molecule has 2 aromatic carbocycles. The first-order valence-corrected chi connectivity index (χ1v) is 8.31. The molecule has 0 aliphatic rings. The van der Waals surface area contributed by atoms with Gasteiger partial charge in [0.05, 0.1) is 11.4 Å². The van der Waals surface area contributed by atoms with Gasteiger partial charge < -0.3 is 0 Å². The van der Waals surface area contributed by atoms with Gasteiger partial charge in [-0.05, 0) is 23.3 Å². The van der Waals surface area contributed by atoms with Crippen molar-refractivity contribution in [1.82, 2.24) is 9.97 Å². The minimum Gasteiger partial charge on any atom is -0.254 e. The largest absolute Gasteiger partial charge is 0.254 e. The third kappa shape index (κ3) is 3.45. The van der Waals surface area contributed by atoms with E-state index in [1.54, 1.807) is 17.5 Å². The zero-order chi connectivity index (χ0) is 15.5. The zero-order valence-electron chi connectivity index (χ0n) is 12.8. The summed E-state index contributed by atoms with van der Waals surface area (Å²) in [6, 6.07) is 24.8. The minimum atomic E-state index is 0. The number of thiazole rings is 1. The van der Waals surface area contributed by atoms with Crippen LogP contribution in [0.15, 0.2) is 84.4 Å². The van der Waals surface area contributed by atoms with Crippen molar-refractivity contribution in [2.75, 3.05) is 0 Å². The maximum atomic E-state index is 4.71. The van der Waals surface area contributed by atoms with E-state index in [2.05, 4.69) is 58.9 Å². The van der Waals surface area contributed by atoms with Crippen molar-refractivity contribution < 1.29 is 0 Å².